The molecule has 2 aliphatic heterocycles. The van der Waals surface area contributed by atoms with E-state index in [9.17, 15) is 14.4 Å². The molecule has 2 rings (SSSR count). The zero-order valence-electron chi connectivity index (χ0n) is 14.4. The molecule has 2 N–H and O–H groups in total. The van der Waals surface area contributed by atoms with Crippen molar-refractivity contribution in [1.82, 2.24) is 20.4 Å². The summed E-state index contributed by atoms with van der Waals surface area (Å²) in [5.74, 6) is 0.805. The van der Waals surface area contributed by atoms with Crippen molar-refractivity contribution in [3.8, 4) is 0 Å². The standard InChI is InChI=1S/C17H28N4O3/c1-3-6-19-17(24)21-9-4-14-11-16(23)20(8-5-15(14)12-21)10-7-18-13(2)22/h3,14-15H,1,4-12H2,2H3,(H,18,22)(H,19,24). The van der Waals surface area contributed by atoms with Gasteiger partial charge in [0, 0.05) is 52.6 Å². The number of fused-ring (bicyclic) bond motifs is 1. The molecule has 0 aromatic carbocycles. The first-order valence-electron chi connectivity index (χ1n) is 8.67. The highest BCUT2D eigenvalue weighted by atomic mass is 16.2. The van der Waals surface area contributed by atoms with Crippen LogP contribution >= 0.6 is 0 Å². The molecule has 0 aromatic heterocycles. The van der Waals surface area contributed by atoms with E-state index in [1.165, 1.54) is 6.92 Å². The topological polar surface area (TPSA) is 81.8 Å². The highest BCUT2D eigenvalue weighted by Crippen LogP contribution is 2.32. The molecule has 0 radical (unpaired) electrons. The van der Waals surface area contributed by atoms with E-state index in [0.29, 0.717) is 57.5 Å². The molecular formula is C17H28N4O3. The van der Waals surface area contributed by atoms with Crippen LogP contribution in [0.2, 0.25) is 0 Å². The molecule has 134 valence electrons. The van der Waals surface area contributed by atoms with Crippen molar-refractivity contribution in [2.45, 2.75) is 26.2 Å². The fourth-order valence-corrected chi connectivity index (χ4v) is 3.54. The molecule has 4 amide bonds. The minimum atomic E-state index is -0.0767. The van der Waals surface area contributed by atoms with Crippen LogP contribution in [0.3, 0.4) is 0 Å². The summed E-state index contributed by atoms with van der Waals surface area (Å²) in [4.78, 5) is 39.2. The molecule has 24 heavy (non-hydrogen) atoms. The molecule has 2 atom stereocenters. The maximum absolute atomic E-state index is 12.4. The van der Waals surface area contributed by atoms with Gasteiger partial charge in [0.15, 0.2) is 0 Å². The molecule has 0 saturated carbocycles. The Morgan fingerprint density at radius 2 is 2.00 bits per heavy atom. The van der Waals surface area contributed by atoms with Crippen molar-refractivity contribution in [1.29, 1.82) is 0 Å². The Morgan fingerprint density at radius 3 is 2.71 bits per heavy atom. The lowest BCUT2D eigenvalue weighted by Gasteiger charge is -2.37. The fourth-order valence-electron chi connectivity index (χ4n) is 3.54. The molecule has 2 saturated heterocycles. The third kappa shape index (κ3) is 4.97. The third-order valence-electron chi connectivity index (χ3n) is 4.89. The molecular weight excluding hydrogens is 308 g/mol. The van der Waals surface area contributed by atoms with E-state index < -0.39 is 0 Å². The largest absolute Gasteiger partial charge is 0.355 e. The van der Waals surface area contributed by atoms with Crippen LogP contribution in [0.4, 0.5) is 4.79 Å². The number of hydrogen-bond acceptors (Lipinski definition) is 3. The number of carbonyl (C=O) groups is 3. The first-order chi connectivity index (χ1) is 11.5. The average molecular weight is 336 g/mol. The van der Waals surface area contributed by atoms with Gasteiger partial charge in [0.05, 0.1) is 0 Å². The van der Waals surface area contributed by atoms with E-state index in [2.05, 4.69) is 17.2 Å². The Hall–Kier alpha value is -2.05. The zero-order chi connectivity index (χ0) is 17.5. The Bertz CT molecular complexity index is 494. The van der Waals surface area contributed by atoms with Crippen LogP contribution in [-0.4, -0.2) is 66.9 Å². The molecule has 2 heterocycles. The molecule has 7 heteroatoms. The highest BCUT2D eigenvalue weighted by molar-refractivity contribution is 5.77. The quantitative estimate of drug-likeness (QED) is 0.721. The van der Waals surface area contributed by atoms with Gasteiger partial charge >= 0.3 is 6.03 Å². The average Bonchev–Trinajstić information content (AvgIpc) is 2.70. The number of nitrogens with one attached hydrogen (secondary N) is 2. The van der Waals surface area contributed by atoms with Gasteiger partial charge in [-0.1, -0.05) is 6.08 Å². The summed E-state index contributed by atoms with van der Waals surface area (Å²) < 4.78 is 0. The highest BCUT2D eigenvalue weighted by Gasteiger charge is 2.36. The number of carbonyl (C=O) groups excluding carboxylic acids is 3. The fraction of sp³-hybridized carbons (Fsp3) is 0.706. The number of hydrogen-bond donors (Lipinski definition) is 2. The number of rotatable bonds is 5. The van der Waals surface area contributed by atoms with Crippen LogP contribution in [0.5, 0.6) is 0 Å². The van der Waals surface area contributed by atoms with Crippen LogP contribution in [0, 0.1) is 11.8 Å². The van der Waals surface area contributed by atoms with Crippen LogP contribution in [0.25, 0.3) is 0 Å². The molecule has 0 aromatic rings. The van der Waals surface area contributed by atoms with Gasteiger partial charge < -0.3 is 20.4 Å². The van der Waals surface area contributed by atoms with Crippen molar-refractivity contribution < 1.29 is 14.4 Å². The van der Waals surface area contributed by atoms with Crippen molar-refractivity contribution in [3.05, 3.63) is 12.7 Å². The first-order valence-corrected chi connectivity index (χ1v) is 8.67. The molecule has 7 nitrogen and oxygen atoms in total. The summed E-state index contributed by atoms with van der Waals surface area (Å²) in [5.41, 5.74) is 0. The van der Waals surface area contributed by atoms with Crippen molar-refractivity contribution >= 4 is 17.8 Å². The molecule has 2 unspecified atom stereocenters. The normalized spacial score (nSPS) is 24.0. The Balaban J connectivity index is 1.87. The van der Waals surface area contributed by atoms with Gasteiger partial charge in [-0.05, 0) is 24.7 Å². The molecule has 2 aliphatic rings. The van der Waals surface area contributed by atoms with Crippen LogP contribution in [0.1, 0.15) is 26.2 Å². The lowest BCUT2D eigenvalue weighted by molar-refractivity contribution is -0.132. The maximum Gasteiger partial charge on any atom is 0.317 e. The molecule has 0 bridgehead atoms. The second-order valence-corrected chi connectivity index (χ2v) is 6.59. The summed E-state index contributed by atoms with van der Waals surface area (Å²) in [5, 5.41) is 5.56. The number of piperidine rings is 1. The minimum Gasteiger partial charge on any atom is -0.355 e. The first kappa shape index (κ1) is 18.3. The Kier molecular flexibility index (Phi) is 6.63. The second-order valence-electron chi connectivity index (χ2n) is 6.59. The molecule has 0 spiro atoms. The lowest BCUT2D eigenvalue weighted by atomic mass is 9.82. The van der Waals surface area contributed by atoms with Crippen LogP contribution in [-0.2, 0) is 9.59 Å². The van der Waals surface area contributed by atoms with Gasteiger partial charge in [0.25, 0.3) is 0 Å². The monoisotopic (exact) mass is 336 g/mol. The predicted molar refractivity (Wildman–Crippen MR) is 91.3 cm³/mol. The summed E-state index contributed by atoms with van der Waals surface area (Å²) in [6.07, 6.45) is 3.99. The predicted octanol–water partition coefficient (Wildman–Crippen LogP) is 0.579. The lowest BCUT2D eigenvalue weighted by Crippen LogP contribution is -2.48. The van der Waals surface area contributed by atoms with E-state index in [-0.39, 0.29) is 17.8 Å². The zero-order valence-corrected chi connectivity index (χ0v) is 14.4. The van der Waals surface area contributed by atoms with E-state index in [0.717, 1.165) is 12.8 Å². The summed E-state index contributed by atoms with van der Waals surface area (Å²) in [6, 6.07) is -0.0496. The number of amides is 4. The molecule has 0 aliphatic carbocycles. The van der Waals surface area contributed by atoms with Gasteiger partial charge in [-0.25, -0.2) is 4.79 Å². The van der Waals surface area contributed by atoms with E-state index in [1.807, 2.05) is 9.80 Å². The van der Waals surface area contributed by atoms with Gasteiger partial charge in [-0.3, -0.25) is 9.59 Å². The smallest absolute Gasteiger partial charge is 0.317 e. The van der Waals surface area contributed by atoms with Gasteiger partial charge in [-0.2, -0.15) is 0 Å². The Morgan fingerprint density at radius 1 is 1.25 bits per heavy atom. The van der Waals surface area contributed by atoms with Crippen LogP contribution < -0.4 is 10.6 Å². The third-order valence-corrected chi connectivity index (χ3v) is 4.89. The molecule has 2 fully saturated rings. The van der Waals surface area contributed by atoms with Crippen LogP contribution in [0.15, 0.2) is 12.7 Å². The summed E-state index contributed by atoms with van der Waals surface area (Å²) in [6.45, 7) is 8.71. The van der Waals surface area contributed by atoms with Crippen molar-refractivity contribution in [3.63, 3.8) is 0 Å². The van der Waals surface area contributed by atoms with Crippen molar-refractivity contribution in [2.24, 2.45) is 11.8 Å². The number of nitrogens with zero attached hydrogens (tertiary/aromatic N) is 2. The van der Waals surface area contributed by atoms with E-state index >= 15 is 0 Å². The van der Waals surface area contributed by atoms with Gasteiger partial charge in [-0.15, -0.1) is 6.58 Å². The van der Waals surface area contributed by atoms with Gasteiger partial charge in [0.1, 0.15) is 0 Å². The number of likely N-dealkylation sites (tertiary alicyclic amines) is 2. The van der Waals surface area contributed by atoms with Crippen molar-refractivity contribution in [2.75, 3.05) is 39.3 Å². The summed E-state index contributed by atoms with van der Waals surface area (Å²) in [7, 11) is 0. The second kappa shape index (κ2) is 8.70. The van der Waals surface area contributed by atoms with Gasteiger partial charge in [0.2, 0.25) is 11.8 Å². The minimum absolute atomic E-state index is 0.0496. The Labute approximate surface area is 143 Å². The number of urea groups is 1. The summed E-state index contributed by atoms with van der Waals surface area (Å²) >= 11 is 0. The van der Waals surface area contributed by atoms with E-state index in [1.54, 1.807) is 6.08 Å². The SMILES string of the molecule is C=CCNC(=O)N1CCC2CC(=O)N(CCNC(C)=O)CCC2C1. The van der Waals surface area contributed by atoms with E-state index in [4.69, 9.17) is 0 Å². The maximum atomic E-state index is 12.4.